The lowest BCUT2D eigenvalue weighted by molar-refractivity contribution is 0.306. The van der Waals surface area contributed by atoms with Gasteiger partial charge < -0.3 is 9.30 Å². The molecule has 2 aromatic carbocycles. The largest absolute Gasteiger partial charge is 0.491 e. The second-order valence-electron chi connectivity index (χ2n) is 6.22. The van der Waals surface area contributed by atoms with E-state index in [1.165, 1.54) is 23.1 Å². The van der Waals surface area contributed by atoms with Crippen LogP contribution in [-0.2, 0) is 6.54 Å². The van der Waals surface area contributed by atoms with Crippen LogP contribution in [0.15, 0.2) is 53.4 Å². The summed E-state index contributed by atoms with van der Waals surface area (Å²) in [6, 6.07) is 9.06. The molecule has 1 aliphatic heterocycles. The van der Waals surface area contributed by atoms with Crippen LogP contribution in [0, 0.1) is 11.6 Å². The number of rotatable bonds is 2. The summed E-state index contributed by atoms with van der Waals surface area (Å²) in [4.78, 5) is 8.95. The first kappa shape index (κ1) is 17.1. The van der Waals surface area contributed by atoms with Crippen LogP contribution in [0.2, 0.25) is 0 Å². The predicted octanol–water partition coefficient (Wildman–Crippen LogP) is 4.23. The zero-order valence-corrected chi connectivity index (χ0v) is 15.9. The fraction of sp³-hybridized carbons (Fsp3) is 0.105. The number of fused-ring (bicyclic) bond motifs is 3. The van der Waals surface area contributed by atoms with Crippen molar-refractivity contribution in [2.75, 3.05) is 6.61 Å². The lowest BCUT2D eigenvalue weighted by atomic mass is 10.2. The Bertz CT molecular complexity index is 1200. The molecular weight excluding hydrogens is 432 g/mol. The van der Waals surface area contributed by atoms with Gasteiger partial charge in [0.25, 0.3) is 0 Å². The maximum absolute atomic E-state index is 14.2. The van der Waals surface area contributed by atoms with Crippen molar-refractivity contribution in [2.45, 2.75) is 6.54 Å². The minimum atomic E-state index is -0.726. The molecule has 1 aliphatic rings. The molecule has 28 heavy (non-hydrogen) atoms. The molecule has 0 N–H and O–H groups in total. The van der Waals surface area contributed by atoms with Gasteiger partial charge in [0.1, 0.15) is 41.7 Å². The van der Waals surface area contributed by atoms with Crippen LogP contribution in [-0.4, -0.2) is 30.9 Å². The Morgan fingerprint density at radius 1 is 1.07 bits per heavy atom. The average Bonchev–Trinajstić information content (AvgIpc) is 3.26. The number of benzene rings is 2. The molecule has 4 aromatic rings. The molecule has 2 aromatic heterocycles. The molecule has 9 heteroatoms. The highest BCUT2D eigenvalue weighted by Crippen LogP contribution is 2.35. The van der Waals surface area contributed by atoms with Crippen molar-refractivity contribution in [3.05, 3.63) is 65.0 Å². The molecular formula is C19H12BrF2N5O. The van der Waals surface area contributed by atoms with Gasteiger partial charge in [-0.1, -0.05) is 15.9 Å². The van der Waals surface area contributed by atoms with Gasteiger partial charge in [0.05, 0.1) is 12.1 Å². The Hall–Kier alpha value is -3.07. The minimum Gasteiger partial charge on any atom is -0.491 e. The van der Waals surface area contributed by atoms with Crippen LogP contribution in [0.25, 0.3) is 28.6 Å². The van der Waals surface area contributed by atoms with Gasteiger partial charge in [-0.05, 0) is 30.3 Å². The summed E-state index contributed by atoms with van der Waals surface area (Å²) in [5.41, 5.74) is 1.49. The number of halogens is 3. The third-order valence-electron chi connectivity index (χ3n) is 4.47. The maximum atomic E-state index is 14.2. The van der Waals surface area contributed by atoms with Crippen LogP contribution in [0.3, 0.4) is 0 Å². The molecule has 0 saturated carbocycles. The quantitative estimate of drug-likeness (QED) is 0.465. The first-order valence-electron chi connectivity index (χ1n) is 8.46. The van der Waals surface area contributed by atoms with Gasteiger partial charge >= 0.3 is 0 Å². The number of hydrogen-bond donors (Lipinski definition) is 0. The monoisotopic (exact) mass is 443 g/mol. The SMILES string of the molecule is Fc1ccc(-n2ncnc2-c2cn3c(n2)-c2ccc(Br)cc2OCC3)c(F)c1. The summed E-state index contributed by atoms with van der Waals surface area (Å²) in [5.74, 6) is 0.446. The third kappa shape index (κ3) is 2.78. The highest BCUT2D eigenvalue weighted by Gasteiger charge is 2.22. The molecule has 140 valence electrons. The molecule has 5 rings (SSSR count). The molecule has 0 spiro atoms. The molecule has 0 fully saturated rings. The van der Waals surface area contributed by atoms with Crippen LogP contribution >= 0.6 is 15.9 Å². The van der Waals surface area contributed by atoms with Crippen LogP contribution in [0.4, 0.5) is 8.78 Å². The summed E-state index contributed by atoms with van der Waals surface area (Å²) >= 11 is 3.45. The molecule has 0 unspecified atom stereocenters. The van der Waals surface area contributed by atoms with Gasteiger partial charge in [-0.3, -0.25) is 0 Å². The van der Waals surface area contributed by atoms with E-state index in [4.69, 9.17) is 9.72 Å². The minimum absolute atomic E-state index is 0.102. The number of ether oxygens (including phenoxy) is 1. The molecule has 6 nitrogen and oxygen atoms in total. The van der Waals surface area contributed by atoms with Crippen LogP contribution < -0.4 is 4.74 Å². The second-order valence-corrected chi connectivity index (χ2v) is 7.14. The maximum Gasteiger partial charge on any atom is 0.183 e. The van der Waals surface area contributed by atoms with E-state index in [1.54, 1.807) is 0 Å². The Labute approximate surface area is 166 Å². The van der Waals surface area contributed by atoms with Crippen molar-refractivity contribution < 1.29 is 13.5 Å². The summed E-state index contributed by atoms with van der Waals surface area (Å²) in [6.07, 6.45) is 3.15. The molecule has 0 atom stereocenters. The lowest BCUT2D eigenvalue weighted by Gasteiger charge is -2.07. The Morgan fingerprint density at radius 3 is 2.82 bits per heavy atom. The van der Waals surface area contributed by atoms with Crippen molar-refractivity contribution in [1.82, 2.24) is 24.3 Å². The normalized spacial score (nSPS) is 12.8. The first-order valence-corrected chi connectivity index (χ1v) is 9.25. The van der Waals surface area contributed by atoms with Gasteiger partial charge in [0.15, 0.2) is 11.6 Å². The summed E-state index contributed by atoms with van der Waals surface area (Å²) in [5, 5.41) is 4.10. The number of hydrogen-bond acceptors (Lipinski definition) is 4. The van der Waals surface area contributed by atoms with E-state index in [1.807, 2.05) is 29.0 Å². The van der Waals surface area contributed by atoms with E-state index in [9.17, 15) is 8.78 Å². The highest BCUT2D eigenvalue weighted by molar-refractivity contribution is 9.10. The van der Waals surface area contributed by atoms with E-state index in [2.05, 4.69) is 26.0 Å². The molecule has 0 amide bonds. The highest BCUT2D eigenvalue weighted by atomic mass is 79.9. The van der Waals surface area contributed by atoms with E-state index < -0.39 is 11.6 Å². The van der Waals surface area contributed by atoms with Crippen LogP contribution in [0.5, 0.6) is 5.75 Å². The second kappa shape index (κ2) is 6.52. The average molecular weight is 444 g/mol. The van der Waals surface area contributed by atoms with Crippen molar-refractivity contribution in [3.63, 3.8) is 0 Å². The van der Waals surface area contributed by atoms with Gasteiger partial charge in [-0.15, -0.1) is 0 Å². The van der Waals surface area contributed by atoms with Crippen molar-refractivity contribution in [1.29, 1.82) is 0 Å². The van der Waals surface area contributed by atoms with Crippen molar-refractivity contribution in [3.8, 4) is 34.3 Å². The molecule has 0 radical (unpaired) electrons. The number of aromatic nitrogens is 5. The first-order chi connectivity index (χ1) is 13.6. The topological polar surface area (TPSA) is 57.8 Å². The predicted molar refractivity (Wildman–Crippen MR) is 101 cm³/mol. The summed E-state index contributed by atoms with van der Waals surface area (Å²) in [6.45, 7) is 1.10. The van der Waals surface area contributed by atoms with Crippen molar-refractivity contribution >= 4 is 15.9 Å². The Balaban J connectivity index is 1.64. The number of nitrogens with zero attached hydrogens (tertiary/aromatic N) is 5. The zero-order chi connectivity index (χ0) is 19.3. The lowest BCUT2D eigenvalue weighted by Crippen LogP contribution is -2.05. The summed E-state index contributed by atoms with van der Waals surface area (Å²) in [7, 11) is 0. The molecule has 0 saturated heterocycles. The van der Waals surface area contributed by atoms with E-state index >= 15 is 0 Å². The van der Waals surface area contributed by atoms with Gasteiger partial charge in [0.2, 0.25) is 0 Å². The van der Waals surface area contributed by atoms with Crippen molar-refractivity contribution in [2.24, 2.45) is 0 Å². The Kier molecular flexibility index (Phi) is 3.97. The van der Waals surface area contributed by atoms with Gasteiger partial charge in [-0.2, -0.15) is 5.10 Å². The molecule has 3 heterocycles. The van der Waals surface area contributed by atoms with Gasteiger partial charge in [0, 0.05) is 16.7 Å². The number of imidazole rings is 1. The third-order valence-corrected chi connectivity index (χ3v) is 4.96. The van der Waals surface area contributed by atoms with E-state index in [0.29, 0.717) is 24.7 Å². The summed E-state index contributed by atoms with van der Waals surface area (Å²) < 4.78 is 37.5. The Morgan fingerprint density at radius 2 is 1.96 bits per heavy atom. The van der Waals surface area contributed by atoms with E-state index in [-0.39, 0.29) is 5.69 Å². The van der Waals surface area contributed by atoms with Crippen LogP contribution in [0.1, 0.15) is 0 Å². The fourth-order valence-corrected chi connectivity index (χ4v) is 3.55. The standard InChI is InChI=1S/C19H12BrF2N5O/c20-11-1-3-13-17(7-11)28-6-5-26-9-15(25-18(13)26)19-23-10-24-27(19)16-4-2-12(21)8-14(16)22/h1-4,7-10H,5-6H2. The fourth-order valence-electron chi connectivity index (χ4n) is 3.21. The van der Waals surface area contributed by atoms with Gasteiger partial charge in [-0.25, -0.2) is 23.4 Å². The van der Waals surface area contributed by atoms with E-state index in [0.717, 1.165) is 27.7 Å². The zero-order valence-electron chi connectivity index (χ0n) is 14.3. The smallest absolute Gasteiger partial charge is 0.183 e. The molecule has 0 bridgehead atoms. The molecule has 0 aliphatic carbocycles.